The number of rotatable bonds is 5. The molecule has 24 heavy (non-hydrogen) atoms. The largest absolute Gasteiger partial charge is 0.354 e. The van der Waals surface area contributed by atoms with Crippen LogP contribution in [0.3, 0.4) is 0 Å². The molecular formula is C19H27N3O2. The zero-order chi connectivity index (χ0) is 17.0. The Kier molecular flexibility index (Phi) is 5.19. The summed E-state index contributed by atoms with van der Waals surface area (Å²) in [6.07, 6.45) is 3.78. The van der Waals surface area contributed by atoms with Gasteiger partial charge in [0.1, 0.15) is 5.54 Å². The second-order valence-electron chi connectivity index (χ2n) is 7.10. The van der Waals surface area contributed by atoms with Gasteiger partial charge in [-0.25, -0.2) is 0 Å². The fourth-order valence-corrected chi connectivity index (χ4v) is 3.80. The van der Waals surface area contributed by atoms with Gasteiger partial charge >= 0.3 is 0 Å². The zero-order valence-electron chi connectivity index (χ0n) is 14.4. The van der Waals surface area contributed by atoms with E-state index in [1.165, 1.54) is 6.42 Å². The van der Waals surface area contributed by atoms with E-state index in [0.717, 1.165) is 32.4 Å². The maximum Gasteiger partial charge on any atom is 0.254 e. The van der Waals surface area contributed by atoms with E-state index >= 15 is 0 Å². The molecule has 3 rings (SSSR count). The summed E-state index contributed by atoms with van der Waals surface area (Å²) in [5.74, 6) is 0.588. The molecule has 0 aromatic heterocycles. The fourth-order valence-electron chi connectivity index (χ4n) is 3.80. The van der Waals surface area contributed by atoms with Crippen molar-refractivity contribution in [3.8, 4) is 0 Å². The van der Waals surface area contributed by atoms with Crippen molar-refractivity contribution in [2.75, 3.05) is 26.2 Å². The molecule has 2 amide bonds. The first-order valence-electron chi connectivity index (χ1n) is 8.97. The lowest BCUT2D eigenvalue weighted by Gasteiger charge is -2.34. The number of benzene rings is 1. The second-order valence-corrected chi connectivity index (χ2v) is 7.10. The highest BCUT2D eigenvalue weighted by Crippen LogP contribution is 2.30. The van der Waals surface area contributed by atoms with Crippen LogP contribution in [0.25, 0.3) is 0 Å². The van der Waals surface area contributed by atoms with Gasteiger partial charge in [-0.3, -0.25) is 9.59 Å². The van der Waals surface area contributed by atoms with Crippen LogP contribution in [0.1, 0.15) is 43.0 Å². The third-order valence-electron chi connectivity index (χ3n) is 5.40. The minimum absolute atomic E-state index is 0.0183. The number of hydrogen-bond acceptors (Lipinski definition) is 3. The summed E-state index contributed by atoms with van der Waals surface area (Å²) in [4.78, 5) is 27.3. The lowest BCUT2D eigenvalue weighted by atomic mass is 9.96. The molecule has 130 valence electrons. The normalized spacial score (nSPS) is 26.5. The zero-order valence-corrected chi connectivity index (χ0v) is 14.4. The van der Waals surface area contributed by atoms with E-state index in [4.69, 9.17) is 0 Å². The maximum absolute atomic E-state index is 12.8. The van der Waals surface area contributed by atoms with Crippen molar-refractivity contribution in [3.63, 3.8) is 0 Å². The molecule has 0 radical (unpaired) electrons. The maximum atomic E-state index is 12.8. The fraction of sp³-hybridized carbons (Fsp3) is 0.579. The third-order valence-corrected chi connectivity index (χ3v) is 5.40. The van der Waals surface area contributed by atoms with Gasteiger partial charge in [-0.15, -0.1) is 0 Å². The van der Waals surface area contributed by atoms with Gasteiger partial charge < -0.3 is 15.5 Å². The number of carbonyl (C=O) groups is 2. The van der Waals surface area contributed by atoms with Crippen LogP contribution in [0.2, 0.25) is 0 Å². The Morgan fingerprint density at radius 1 is 1.33 bits per heavy atom. The predicted octanol–water partition coefficient (Wildman–Crippen LogP) is 1.80. The Hall–Kier alpha value is -1.88. The Morgan fingerprint density at radius 2 is 2.12 bits per heavy atom. The molecule has 0 spiro atoms. The summed E-state index contributed by atoms with van der Waals surface area (Å²) in [6.45, 7) is 5.35. The van der Waals surface area contributed by atoms with Crippen molar-refractivity contribution in [3.05, 3.63) is 35.9 Å². The monoisotopic (exact) mass is 329 g/mol. The highest BCUT2D eigenvalue weighted by Gasteiger charge is 2.45. The quantitative estimate of drug-likeness (QED) is 0.866. The second kappa shape index (κ2) is 7.34. The predicted molar refractivity (Wildman–Crippen MR) is 93.7 cm³/mol. The number of amides is 2. The standard InChI is InChI=1S/C19H27N3O2/c1-19(18(24)21-12-9-15-8-11-20-14-15)10-5-13-22(19)17(23)16-6-3-2-4-7-16/h2-4,6-7,15,20H,5,8-14H2,1H3,(H,21,24). The number of nitrogens with one attached hydrogen (secondary N) is 2. The number of nitrogens with zero attached hydrogens (tertiary/aromatic N) is 1. The van der Waals surface area contributed by atoms with Gasteiger partial charge in [0.05, 0.1) is 0 Å². The molecule has 2 N–H and O–H groups in total. The summed E-state index contributed by atoms with van der Waals surface area (Å²) in [7, 11) is 0. The molecule has 2 aliphatic rings. The van der Waals surface area contributed by atoms with Crippen LogP contribution < -0.4 is 10.6 Å². The Balaban J connectivity index is 1.61. The lowest BCUT2D eigenvalue weighted by Crippen LogP contribution is -2.55. The highest BCUT2D eigenvalue weighted by molar-refractivity contribution is 5.99. The van der Waals surface area contributed by atoms with Gasteiger partial charge in [0.25, 0.3) is 5.91 Å². The SMILES string of the molecule is CC1(C(=O)NCCC2CCNC2)CCCN1C(=O)c1ccccc1. The van der Waals surface area contributed by atoms with Crippen LogP contribution >= 0.6 is 0 Å². The molecule has 2 fully saturated rings. The first-order valence-corrected chi connectivity index (χ1v) is 8.97. The molecular weight excluding hydrogens is 302 g/mol. The van der Waals surface area contributed by atoms with Crippen LogP contribution in [0.15, 0.2) is 30.3 Å². The average Bonchev–Trinajstić information content (AvgIpc) is 3.25. The summed E-state index contributed by atoms with van der Waals surface area (Å²) in [5.41, 5.74) is -0.0867. The Labute approximate surface area is 143 Å². The number of hydrogen-bond donors (Lipinski definition) is 2. The molecule has 2 heterocycles. The molecule has 5 nitrogen and oxygen atoms in total. The van der Waals surface area contributed by atoms with E-state index in [0.29, 0.717) is 24.6 Å². The van der Waals surface area contributed by atoms with E-state index in [1.54, 1.807) is 4.90 Å². The van der Waals surface area contributed by atoms with Gasteiger partial charge in [0.2, 0.25) is 5.91 Å². The van der Waals surface area contributed by atoms with Crippen molar-refractivity contribution >= 4 is 11.8 Å². The van der Waals surface area contributed by atoms with E-state index < -0.39 is 5.54 Å². The summed E-state index contributed by atoms with van der Waals surface area (Å²) in [6, 6.07) is 9.23. The number of likely N-dealkylation sites (tertiary alicyclic amines) is 1. The van der Waals surface area contributed by atoms with Crippen LogP contribution in [-0.2, 0) is 4.79 Å². The summed E-state index contributed by atoms with van der Waals surface area (Å²) >= 11 is 0. The smallest absolute Gasteiger partial charge is 0.254 e. The molecule has 1 aromatic rings. The van der Waals surface area contributed by atoms with Crippen molar-refractivity contribution in [1.29, 1.82) is 0 Å². The van der Waals surface area contributed by atoms with Gasteiger partial charge in [-0.05, 0) is 63.7 Å². The first kappa shape index (κ1) is 17.0. The van der Waals surface area contributed by atoms with Crippen LogP contribution in [0, 0.1) is 5.92 Å². The average molecular weight is 329 g/mol. The summed E-state index contributed by atoms with van der Waals surface area (Å²) in [5, 5.41) is 6.42. The Morgan fingerprint density at radius 3 is 2.83 bits per heavy atom. The van der Waals surface area contributed by atoms with Gasteiger partial charge in [0, 0.05) is 18.7 Å². The van der Waals surface area contributed by atoms with Crippen molar-refractivity contribution < 1.29 is 9.59 Å². The van der Waals surface area contributed by atoms with Crippen molar-refractivity contribution in [2.24, 2.45) is 5.92 Å². The van der Waals surface area contributed by atoms with Gasteiger partial charge in [-0.2, -0.15) is 0 Å². The molecule has 2 saturated heterocycles. The van der Waals surface area contributed by atoms with Gasteiger partial charge in [0.15, 0.2) is 0 Å². The van der Waals surface area contributed by atoms with Gasteiger partial charge in [-0.1, -0.05) is 18.2 Å². The van der Waals surface area contributed by atoms with Crippen molar-refractivity contribution in [1.82, 2.24) is 15.5 Å². The molecule has 2 unspecified atom stereocenters. The van der Waals surface area contributed by atoms with E-state index in [2.05, 4.69) is 10.6 Å². The molecule has 2 aliphatic heterocycles. The Bertz CT molecular complexity index is 584. The first-order chi connectivity index (χ1) is 11.6. The molecule has 0 saturated carbocycles. The van der Waals surface area contributed by atoms with Crippen LogP contribution in [0.4, 0.5) is 0 Å². The molecule has 1 aromatic carbocycles. The highest BCUT2D eigenvalue weighted by atomic mass is 16.2. The van der Waals surface area contributed by atoms with Crippen molar-refractivity contribution in [2.45, 2.75) is 38.1 Å². The lowest BCUT2D eigenvalue weighted by molar-refractivity contribution is -0.129. The van der Waals surface area contributed by atoms with Crippen LogP contribution in [-0.4, -0.2) is 48.4 Å². The molecule has 2 atom stereocenters. The van der Waals surface area contributed by atoms with E-state index in [-0.39, 0.29) is 11.8 Å². The molecule has 0 bridgehead atoms. The van der Waals surface area contributed by atoms with E-state index in [1.807, 2.05) is 37.3 Å². The minimum Gasteiger partial charge on any atom is -0.354 e. The molecule has 0 aliphatic carbocycles. The number of carbonyl (C=O) groups excluding carboxylic acids is 2. The topological polar surface area (TPSA) is 61.4 Å². The molecule has 5 heteroatoms. The third kappa shape index (κ3) is 3.46. The summed E-state index contributed by atoms with van der Waals surface area (Å²) < 4.78 is 0. The minimum atomic E-state index is -0.735. The van der Waals surface area contributed by atoms with E-state index in [9.17, 15) is 9.59 Å². The van der Waals surface area contributed by atoms with Crippen LogP contribution in [0.5, 0.6) is 0 Å².